The summed E-state index contributed by atoms with van der Waals surface area (Å²) in [5, 5.41) is 0. The van der Waals surface area contributed by atoms with Gasteiger partial charge in [-0.1, -0.05) is 26.8 Å². The zero-order chi connectivity index (χ0) is 17.4. The van der Waals surface area contributed by atoms with Crippen LogP contribution in [0.4, 0.5) is 0 Å². The molecule has 5 nitrogen and oxygen atoms in total. The molecule has 0 aliphatic rings. The van der Waals surface area contributed by atoms with Crippen LogP contribution in [0.5, 0.6) is 0 Å². The predicted molar refractivity (Wildman–Crippen MR) is 85.4 cm³/mol. The van der Waals surface area contributed by atoms with E-state index in [1.54, 1.807) is 33.8 Å². The number of allylic oxidation sites excluding steroid dienone is 1. The predicted octanol–water partition coefficient (Wildman–Crippen LogP) is 3.13. The maximum Gasteiger partial charge on any atom is 0.333 e. The van der Waals surface area contributed by atoms with E-state index in [-0.39, 0.29) is 18.6 Å². The molecular weight excluding hydrogens is 284 g/mol. The molecule has 0 fully saturated rings. The lowest BCUT2D eigenvalue weighted by Gasteiger charge is -2.22. The Morgan fingerprint density at radius 2 is 1.55 bits per heavy atom. The summed E-state index contributed by atoms with van der Waals surface area (Å²) in [6.45, 7) is 14.2. The fraction of sp³-hybridized carbons (Fsp3) is 0.765. The van der Waals surface area contributed by atoms with Gasteiger partial charge in [0.1, 0.15) is 13.2 Å². The highest BCUT2D eigenvalue weighted by Crippen LogP contribution is 2.19. The molecule has 0 saturated carbocycles. The van der Waals surface area contributed by atoms with E-state index in [0.717, 1.165) is 0 Å². The highest BCUT2D eigenvalue weighted by atomic mass is 16.6. The fourth-order valence-corrected chi connectivity index (χ4v) is 1.30. The lowest BCUT2D eigenvalue weighted by molar-refractivity contribution is -0.161. The van der Waals surface area contributed by atoms with Gasteiger partial charge in [0.05, 0.1) is 18.6 Å². The van der Waals surface area contributed by atoms with Gasteiger partial charge in [0.15, 0.2) is 0 Å². The zero-order valence-electron chi connectivity index (χ0n) is 14.9. The third-order valence-electron chi connectivity index (χ3n) is 2.87. The molecule has 0 amide bonds. The second-order valence-electron chi connectivity index (χ2n) is 7.18. The van der Waals surface area contributed by atoms with Gasteiger partial charge in [-0.25, -0.2) is 4.79 Å². The summed E-state index contributed by atoms with van der Waals surface area (Å²) < 4.78 is 15.7. The van der Waals surface area contributed by atoms with E-state index in [4.69, 9.17) is 14.2 Å². The molecule has 0 aliphatic carbocycles. The van der Waals surface area contributed by atoms with Crippen LogP contribution in [0.1, 0.15) is 48.5 Å². The third kappa shape index (κ3) is 8.82. The van der Waals surface area contributed by atoms with Crippen molar-refractivity contribution < 1.29 is 23.8 Å². The number of hydrogen-bond donors (Lipinski definition) is 0. The minimum Gasteiger partial charge on any atom is -0.463 e. The Balaban J connectivity index is 4.10. The van der Waals surface area contributed by atoms with Crippen LogP contribution >= 0.6 is 0 Å². The molecule has 0 bridgehead atoms. The lowest BCUT2D eigenvalue weighted by atomic mass is 9.95. The molecule has 0 N–H and O–H groups in total. The number of carbonyl (C=O) groups is 2. The molecule has 0 spiro atoms. The van der Waals surface area contributed by atoms with Crippen molar-refractivity contribution in [2.24, 2.45) is 10.8 Å². The quantitative estimate of drug-likeness (QED) is 0.391. The van der Waals surface area contributed by atoms with E-state index in [0.29, 0.717) is 18.8 Å². The van der Waals surface area contributed by atoms with Gasteiger partial charge in [-0.05, 0) is 33.1 Å². The Morgan fingerprint density at radius 1 is 0.955 bits per heavy atom. The molecule has 0 aromatic heterocycles. The second kappa shape index (κ2) is 8.93. The number of rotatable bonds is 8. The van der Waals surface area contributed by atoms with Gasteiger partial charge in [0.25, 0.3) is 0 Å². The summed E-state index contributed by atoms with van der Waals surface area (Å²) >= 11 is 0. The third-order valence-corrected chi connectivity index (χ3v) is 2.87. The van der Waals surface area contributed by atoms with Crippen LogP contribution in [0.15, 0.2) is 11.6 Å². The van der Waals surface area contributed by atoms with Gasteiger partial charge in [0.2, 0.25) is 0 Å². The van der Waals surface area contributed by atoms with Gasteiger partial charge in [0, 0.05) is 5.57 Å². The Morgan fingerprint density at radius 3 is 2.05 bits per heavy atom. The molecule has 0 aromatic carbocycles. The second-order valence-corrected chi connectivity index (χ2v) is 7.18. The normalized spacial score (nSPS) is 13.0. The molecule has 5 heteroatoms. The molecule has 0 heterocycles. The largest absolute Gasteiger partial charge is 0.463 e. The summed E-state index contributed by atoms with van der Waals surface area (Å²) in [5.41, 5.74) is -0.282. The molecule has 0 atom stereocenters. The first-order valence-corrected chi connectivity index (χ1v) is 7.54. The summed E-state index contributed by atoms with van der Waals surface area (Å²) in [5.74, 6) is -0.824. The van der Waals surface area contributed by atoms with Crippen LogP contribution in [-0.2, 0) is 23.8 Å². The summed E-state index contributed by atoms with van der Waals surface area (Å²) in [4.78, 5) is 23.6. The Kier molecular flexibility index (Phi) is 8.38. The van der Waals surface area contributed by atoms with Crippen LogP contribution < -0.4 is 0 Å². The lowest BCUT2D eigenvalue weighted by Crippen LogP contribution is -2.33. The van der Waals surface area contributed by atoms with E-state index in [1.165, 1.54) is 0 Å². The van der Waals surface area contributed by atoms with Crippen molar-refractivity contribution in [3.8, 4) is 0 Å². The summed E-state index contributed by atoms with van der Waals surface area (Å²) in [6, 6.07) is 0. The first kappa shape index (κ1) is 20.6. The minimum absolute atomic E-state index is 0.0152. The monoisotopic (exact) mass is 314 g/mol. The Labute approximate surface area is 134 Å². The van der Waals surface area contributed by atoms with E-state index in [2.05, 4.69) is 20.8 Å². The molecule has 0 aliphatic heterocycles. The molecule has 128 valence electrons. The molecular formula is C17H30O5. The van der Waals surface area contributed by atoms with Crippen molar-refractivity contribution in [3.05, 3.63) is 11.6 Å². The first-order chi connectivity index (χ1) is 9.99. The highest BCUT2D eigenvalue weighted by Gasteiger charge is 2.31. The van der Waals surface area contributed by atoms with E-state index in [9.17, 15) is 9.59 Å². The Hall–Kier alpha value is -1.36. The standard InChI is InChI=1S/C17H30O5/c1-8-13(2)14(18)22-12-17(6,7)15(19)21-10-9-20-11-16(3,4)5/h8H,9-12H2,1-7H3. The molecule has 0 radical (unpaired) electrons. The van der Waals surface area contributed by atoms with Gasteiger partial charge in [-0.2, -0.15) is 0 Å². The van der Waals surface area contributed by atoms with Crippen molar-refractivity contribution in [2.45, 2.75) is 48.5 Å². The topological polar surface area (TPSA) is 61.8 Å². The fourth-order valence-electron chi connectivity index (χ4n) is 1.30. The SMILES string of the molecule is CC=C(C)C(=O)OCC(C)(C)C(=O)OCCOCC(C)(C)C. The maximum absolute atomic E-state index is 12.0. The molecule has 0 rings (SSSR count). The van der Waals surface area contributed by atoms with Crippen LogP contribution in [0, 0.1) is 10.8 Å². The average Bonchev–Trinajstić information content (AvgIpc) is 2.41. The van der Waals surface area contributed by atoms with Crippen molar-refractivity contribution in [1.82, 2.24) is 0 Å². The van der Waals surface area contributed by atoms with Gasteiger partial charge >= 0.3 is 11.9 Å². The number of ether oxygens (including phenoxy) is 3. The Bertz CT molecular complexity index is 402. The highest BCUT2D eigenvalue weighted by molar-refractivity contribution is 5.88. The van der Waals surface area contributed by atoms with Crippen LogP contribution in [-0.4, -0.2) is 38.4 Å². The smallest absolute Gasteiger partial charge is 0.333 e. The molecule has 0 saturated heterocycles. The summed E-state index contributed by atoms with van der Waals surface area (Å²) in [7, 11) is 0. The minimum atomic E-state index is -0.881. The van der Waals surface area contributed by atoms with Crippen molar-refractivity contribution in [1.29, 1.82) is 0 Å². The number of esters is 2. The first-order valence-electron chi connectivity index (χ1n) is 7.54. The van der Waals surface area contributed by atoms with Crippen molar-refractivity contribution in [3.63, 3.8) is 0 Å². The molecule has 0 aromatic rings. The van der Waals surface area contributed by atoms with Gasteiger partial charge in [-0.3, -0.25) is 4.79 Å². The number of hydrogen-bond acceptors (Lipinski definition) is 5. The molecule has 0 unspecified atom stereocenters. The van der Waals surface area contributed by atoms with Crippen LogP contribution in [0.3, 0.4) is 0 Å². The maximum atomic E-state index is 12.0. The molecule has 22 heavy (non-hydrogen) atoms. The number of carbonyl (C=O) groups excluding carboxylic acids is 2. The van der Waals surface area contributed by atoms with E-state index >= 15 is 0 Å². The van der Waals surface area contributed by atoms with Gasteiger partial charge < -0.3 is 14.2 Å². The zero-order valence-corrected chi connectivity index (χ0v) is 14.9. The van der Waals surface area contributed by atoms with Crippen LogP contribution in [0.2, 0.25) is 0 Å². The van der Waals surface area contributed by atoms with Crippen molar-refractivity contribution >= 4 is 11.9 Å². The van der Waals surface area contributed by atoms with E-state index < -0.39 is 17.4 Å². The van der Waals surface area contributed by atoms with Crippen LogP contribution in [0.25, 0.3) is 0 Å². The van der Waals surface area contributed by atoms with E-state index in [1.807, 2.05) is 0 Å². The summed E-state index contributed by atoms with van der Waals surface area (Å²) in [6.07, 6.45) is 1.67. The average molecular weight is 314 g/mol. The van der Waals surface area contributed by atoms with Crippen molar-refractivity contribution in [2.75, 3.05) is 26.4 Å². The van der Waals surface area contributed by atoms with Gasteiger partial charge in [-0.15, -0.1) is 0 Å².